The molecule has 1 amide bonds. The van der Waals surface area contributed by atoms with Crippen LogP contribution in [0.4, 0.5) is 0 Å². The maximum Gasteiger partial charge on any atom is 0.255 e. The number of benzene rings is 1. The molecule has 0 unspecified atom stereocenters. The zero-order valence-corrected chi connectivity index (χ0v) is 9.51. The van der Waals surface area contributed by atoms with Gasteiger partial charge < -0.3 is 10.4 Å². The van der Waals surface area contributed by atoms with E-state index >= 15 is 0 Å². The molecule has 3 nitrogen and oxygen atoms in total. The molecule has 1 aromatic rings. The largest absolute Gasteiger partial charge is 0.507 e. The van der Waals surface area contributed by atoms with Crippen LogP contribution in [0.15, 0.2) is 24.3 Å². The van der Waals surface area contributed by atoms with Crippen molar-refractivity contribution in [3.63, 3.8) is 0 Å². The normalized spacial score (nSPS) is 9.93. The predicted octanol–water partition coefficient (Wildman–Crippen LogP) is 1.88. The average molecular weight is 225 g/mol. The molecular weight excluding hydrogens is 210 g/mol. The summed E-state index contributed by atoms with van der Waals surface area (Å²) in [6, 6.07) is 6.55. The smallest absolute Gasteiger partial charge is 0.255 e. The van der Waals surface area contributed by atoms with Crippen LogP contribution in [-0.2, 0) is 0 Å². The van der Waals surface area contributed by atoms with Crippen LogP contribution in [0.25, 0.3) is 0 Å². The minimum atomic E-state index is -0.214. The van der Waals surface area contributed by atoms with Gasteiger partial charge in [-0.3, -0.25) is 4.79 Å². The molecular formula is C11H15NO2S. The molecule has 0 aliphatic heterocycles. The van der Waals surface area contributed by atoms with Crippen LogP contribution >= 0.6 is 11.8 Å². The first kappa shape index (κ1) is 11.9. The number of hydrogen-bond acceptors (Lipinski definition) is 3. The highest BCUT2D eigenvalue weighted by molar-refractivity contribution is 7.98. The van der Waals surface area contributed by atoms with Crippen molar-refractivity contribution in [1.29, 1.82) is 0 Å². The third-order valence-electron chi connectivity index (χ3n) is 1.96. The number of para-hydroxylation sites is 1. The monoisotopic (exact) mass is 225 g/mol. The summed E-state index contributed by atoms with van der Waals surface area (Å²) in [5.41, 5.74) is 0.335. The second-order valence-electron chi connectivity index (χ2n) is 3.12. The zero-order chi connectivity index (χ0) is 11.1. The van der Waals surface area contributed by atoms with Crippen LogP contribution in [0.2, 0.25) is 0 Å². The van der Waals surface area contributed by atoms with Crippen molar-refractivity contribution in [3.05, 3.63) is 29.8 Å². The number of aromatic hydroxyl groups is 1. The molecule has 82 valence electrons. The van der Waals surface area contributed by atoms with Crippen LogP contribution in [0.5, 0.6) is 5.75 Å². The Kier molecular flexibility index (Phi) is 5.04. The number of phenolic OH excluding ortho intramolecular Hbond substituents is 1. The summed E-state index contributed by atoms with van der Waals surface area (Å²) < 4.78 is 0. The van der Waals surface area contributed by atoms with E-state index in [9.17, 15) is 9.90 Å². The molecule has 2 N–H and O–H groups in total. The van der Waals surface area contributed by atoms with Crippen molar-refractivity contribution >= 4 is 17.7 Å². The molecule has 0 aliphatic rings. The molecule has 0 radical (unpaired) electrons. The van der Waals surface area contributed by atoms with Gasteiger partial charge in [-0.05, 0) is 30.6 Å². The van der Waals surface area contributed by atoms with E-state index in [0.29, 0.717) is 12.1 Å². The number of carbonyl (C=O) groups excluding carboxylic acids is 1. The number of thioether (sulfide) groups is 1. The minimum Gasteiger partial charge on any atom is -0.507 e. The zero-order valence-electron chi connectivity index (χ0n) is 8.69. The number of carbonyl (C=O) groups is 1. The highest BCUT2D eigenvalue weighted by Crippen LogP contribution is 2.14. The summed E-state index contributed by atoms with van der Waals surface area (Å²) in [6.45, 7) is 0.647. The van der Waals surface area contributed by atoms with Gasteiger partial charge in [-0.25, -0.2) is 0 Å². The fourth-order valence-electron chi connectivity index (χ4n) is 1.18. The summed E-state index contributed by atoms with van der Waals surface area (Å²) in [5.74, 6) is 0.843. The number of amides is 1. The van der Waals surface area contributed by atoms with Gasteiger partial charge in [0.25, 0.3) is 5.91 Å². The molecule has 0 aliphatic carbocycles. The summed E-state index contributed by atoms with van der Waals surface area (Å²) in [6.07, 6.45) is 2.98. The van der Waals surface area contributed by atoms with E-state index in [-0.39, 0.29) is 11.7 Å². The highest BCUT2D eigenvalue weighted by Gasteiger charge is 2.08. The lowest BCUT2D eigenvalue weighted by molar-refractivity contribution is 0.0951. The van der Waals surface area contributed by atoms with Crippen molar-refractivity contribution in [2.75, 3.05) is 18.6 Å². The standard InChI is InChI=1S/C11H15NO2S/c1-15-8-4-7-12-11(14)9-5-2-3-6-10(9)13/h2-3,5-6,13H,4,7-8H2,1H3,(H,12,14). The SMILES string of the molecule is CSCCCNC(=O)c1ccccc1O. The van der Waals surface area contributed by atoms with E-state index in [1.165, 1.54) is 6.07 Å². The summed E-state index contributed by atoms with van der Waals surface area (Å²) in [4.78, 5) is 11.6. The first-order valence-electron chi connectivity index (χ1n) is 4.81. The van der Waals surface area contributed by atoms with E-state index in [2.05, 4.69) is 5.32 Å². The molecule has 1 aromatic carbocycles. The summed E-state index contributed by atoms with van der Waals surface area (Å²) in [5, 5.41) is 12.2. The van der Waals surface area contributed by atoms with Crippen molar-refractivity contribution in [1.82, 2.24) is 5.32 Å². The molecule has 0 heterocycles. The third kappa shape index (κ3) is 3.83. The van der Waals surface area contributed by atoms with Gasteiger partial charge in [-0.2, -0.15) is 11.8 Å². The number of hydrogen-bond donors (Lipinski definition) is 2. The predicted molar refractivity (Wildman–Crippen MR) is 63.4 cm³/mol. The Hall–Kier alpha value is -1.16. The lowest BCUT2D eigenvalue weighted by Crippen LogP contribution is -2.24. The maximum absolute atomic E-state index is 11.6. The van der Waals surface area contributed by atoms with Gasteiger partial charge in [0.15, 0.2) is 0 Å². The average Bonchev–Trinajstić information content (AvgIpc) is 2.25. The Morgan fingerprint density at radius 1 is 1.47 bits per heavy atom. The molecule has 0 bridgehead atoms. The van der Waals surface area contributed by atoms with E-state index in [0.717, 1.165) is 12.2 Å². The Morgan fingerprint density at radius 3 is 2.87 bits per heavy atom. The van der Waals surface area contributed by atoms with E-state index in [4.69, 9.17) is 0 Å². The van der Waals surface area contributed by atoms with E-state index in [1.807, 2.05) is 6.26 Å². The number of nitrogens with one attached hydrogen (secondary N) is 1. The molecule has 0 saturated carbocycles. The second-order valence-corrected chi connectivity index (χ2v) is 4.11. The molecule has 1 rings (SSSR count). The topological polar surface area (TPSA) is 49.3 Å². The fraction of sp³-hybridized carbons (Fsp3) is 0.364. The Bertz CT molecular complexity index is 328. The first-order chi connectivity index (χ1) is 7.25. The summed E-state index contributed by atoms with van der Waals surface area (Å²) in [7, 11) is 0. The van der Waals surface area contributed by atoms with Crippen molar-refractivity contribution < 1.29 is 9.90 Å². The van der Waals surface area contributed by atoms with Gasteiger partial charge in [0, 0.05) is 6.54 Å². The molecule has 4 heteroatoms. The van der Waals surface area contributed by atoms with Crippen LogP contribution in [0.3, 0.4) is 0 Å². The number of phenols is 1. The Labute approximate surface area is 93.9 Å². The van der Waals surface area contributed by atoms with Crippen molar-refractivity contribution in [2.24, 2.45) is 0 Å². The Balaban J connectivity index is 2.44. The van der Waals surface area contributed by atoms with Gasteiger partial charge in [0.1, 0.15) is 5.75 Å². The Morgan fingerprint density at radius 2 is 2.20 bits per heavy atom. The second kappa shape index (κ2) is 6.35. The highest BCUT2D eigenvalue weighted by atomic mass is 32.2. The van der Waals surface area contributed by atoms with Gasteiger partial charge in [0.05, 0.1) is 5.56 Å². The molecule has 0 aromatic heterocycles. The third-order valence-corrected chi connectivity index (χ3v) is 2.66. The molecule has 0 saturated heterocycles. The lowest BCUT2D eigenvalue weighted by Gasteiger charge is -2.05. The summed E-state index contributed by atoms with van der Waals surface area (Å²) >= 11 is 1.75. The maximum atomic E-state index is 11.6. The minimum absolute atomic E-state index is 0.0277. The van der Waals surface area contributed by atoms with E-state index in [1.54, 1.807) is 30.0 Å². The van der Waals surface area contributed by atoms with Gasteiger partial charge in [-0.15, -0.1) is 0 Å². The van der Waals surface area contributed by atoms with Crippen LogP contribution in [0, 0.1) is 0 Å². The van der Waals surface area contributed by atoms with Gasteiger partial charge in [0.2, 0.25) is 0 Å². The van der Waals surface area contributed by atoms with Crippen LogP contribution in [0.1, 0.15) is 16.8 Å². The first-order valence-corrected chi connectivity index (χ1v) is 6.20. The van der Waals surface area contributed by atoms with Gasteiger partial charge in [-0.1, -0.05) is 12.1 Å². The number of rotatable bonds is 5. The lowest BCUT2D eigenvalue weighted by atomic mass is 10.2. The molecule has 15 heavy (non-hydrogen) atoms. The van der Waals surface area contributed by atoms with Crippen molar-refractivity contribution in [2.45, 2.75) is 6.42 Å². The molecule has 0 spiro atoms. The fourth-order valence-corrected chi connectivity index (χ4v) is 1.61. The van der Waals surface area contributed by atoms with Crippen LogP contribution in [-0.4, -0.2) is 29.6 Å². The van der Waals surface area contributed by atoms with E-state index < -0.39 is 0 Å². The quantitative estimate of drug-likeness (QED) is 0.752. The molecule has 0 atom stereocenters. The van der Waals surface area contributed by atoms with Crippen molar-refractivity contribution in [3.8, 4) is 5.75 Å². The van der Waals surface area contributed by atoms with Gasteiger partial charge >= 0.3 is 0 Å². The molecule has 0 fully saturated rings. The van der Waals surface area contributed by atoms with Crippen LogP contribution < -0.4 is 5.32 Å².